The van der Waals surface area contributed by atoms with Gasteiger partial charge in [-0.15, -0.1) is 0 Å². The number of carbonyl (C=O) groups excluding carboxylic acids is 1. The molecule has 0 spiro atoms. The van der Waals surface area contributed by atoms with E-state index in [0.29, 0.717) is 12.1 Å². The third kappa shape index (κ3) is 4.33. The molecule has 88 valence electrons. The predicted octanol–water partition coefficient (Wildman–Crippen LogP) is 2.08. The van der Waals surface area contributed by atoms with Crippen LogP contribution in [0.1, 0.15) is 28.8 Å². The highest BCUT2D eigenvalue weighted by Gasteiger charge is 2.03. The van der Waals surface area contributed by atoms with Crippen molar-refractivity contribution in [2.24, 2.45) is 0 Å². The van der Waals surface area contributed by atoms with Crippen molar-refractivity contribution in [2.45, 2.75) is 18.2 Å². The Morgan fingerprint density at radius 2 is 1.94 bits per heavy atom. The van der Waals surface area contributed by atoms with Crippen LogP contribution in [-0.4, -0.2) is 24.2 Å². The first-order valence-corrected chi connectivity index (χ1v) is 6.44. The molecule has 2 N–H and O–H groups in total. The van der Waals surface area contributed by atoms with Crippen molar-refractivity contribution in [1.82, 2.24) is 5.32 Å². The van der Waals surface area contributed by atoms with Crippen molar-refractivity contribution in [3.63, 3.8) is 0 Å². The molecule has 1 rings (SSSR count). The molecule has 0 saturated heterocycles. The zero-order valence-corrected chi connectivity index (χ0v) is 10.7. The molecule has 16 heavy (non-hydrogen) atoms. The number of benzene rings is 1. The van der Waals surface area contributed by atoms with E-state index in [4.69, 9.17) is 5.11 Å². The summed E-state index contributed by atoms with van der Waals surface area (Å²) in [7, 11) is 0. The molecule has 0 aliphatic carbocycles. The van der Waals surface area contributed by atoms with Gasteiger partial charge in [0.1, 0.15) is 0 Å². The van der Waals surface area contributed by atoms with E-state index in [0.717, 1.165) is 23.7 Å². The molecule has 0 aromatic heterocycles. The highest BCUT2D eigenvalue weighted by atomic mass is 79.9. The number of halogens is 1. The molecule has 0 fully saturated rings. The second-order valence-electron chi connectivity index (χ2n) is 3.52. The van der Waals surface area contributed by atoms with E-state index in [-0.39, 0.29) is 12.5 Å². The number of unbranched alkanes of at least 4 members (excludes halogenated alkanes) is 1. The normalized spacial score (nSPS) is 10.1. The number of rotatable bonds is 6. The molecule has 4 heteroatoms. The monoisotopic (exact) mass is 285 g/mol. The van der Waals surface area contributed by atoms with Gasteiger partial charge in [-0.25, -0.2) is 0 Å². The Labute approximate surface area is 104 Å². The molecule has 1 aromatic rings. The lowest BCUT2D eigenvalue weighted by Crippen LogP contribution is -2.24. The minimum atomic E-state index is -0.0564. The molecule has 0 aliphatic rings. The van der Waals surface area contributed by atoms with Gasteiger partial charge in [0.05, 0.1) is 0 Å². The van der Waals surface area contributed by atoms with Crippen LogP contribution in [0.3, 0.4) is 0 Å². The third-order valence-electron chi connectivity index (χ3n) is 2.24. The number of aliphatic hydroxyl groups excluding tert-OH is 1. The molecule has 1 amide bonds. The van der Waals surface area contributed by atoms with Gasteiger partial charge in [0.2, 0.25) is 0 Å². The Bertz CT molecular complexity index is 324. The van der Waals surface area contributed by atoms with Crippen molar-refractivity contribution in [1.29, 1.82) is 0 Å². The summed E-state index contributed by atoms with van der Waals surface area (Å²) in [5.74, 6) is -0.0564. The molecule has 0 bridgehead atoms. The summed E-state index contributed by atoms with van der Waals surface area (Å²) >= 11 is 3.35. The first-order valence-electron chi connectivity index (χ1n) is 5.32. The van der Waals surface area contributed by atoms with Crippen molar-refractivity contribution >= 4 is 21.8 Å². The van der Waals surface area contributed by atoms with Gasteiger partial charge in [0.25, 0.3) is 5.91 Å². The fourth-order valence-electron chi connectivity index (χ4n) is 1.29. The van der Waals surface area contributed by atoms with Crippen molar-refractivity contribution in [2.75, 3.05) is 13.2 Å². The second kappa shape index (κ2) is 7.41. The minimum absolute atomic E-state index is 0.0564. The highest BCUT2D eigenvalue weighted by molar-refractivity contribution is 9.08. The van der Waals surface area contributed by atoms with Gasteiger partial charge in [-0.05, 0) is 30.5 Å². The summed E-state index contributed by atoms with van der Waals surface area (Å²) in [4.78, 5) is 11.6. The zero-order valence-electron chi connectivity index (χ0n) is 9.08. The maximum absolute atomic E-state index is 11.6. The van der Waals surface area contributed by atoms with E-state index >= 15 is 0 Å². The number of hydrogen-bond donors (Lipinski definition) is 2. The lowest BCUT2D eigenvalue weighted by atomic mass is 10.1. The van der Waals surface area contributed by atoms with Gasteiger partial charge in [-0.3, -0.25) is 4.79 Å². The molecule has 1 aromatic carbocycles. The lowest BCUT2D eigenvalue weighted by Gasteiger charge is -2.05. The number of amides is 1. The van der Waals surface area contributed by atoms with Crippen LogP contribution in [0.25, 0.3) is 0 Å². The summed E-state index contributed by atoms with van der Waals surface area (Å²) in [6.07, 6.45) is 1.53. The number of aliphatic hydroxyl groups is 1. The first kappa shape index (κ1) is 13.2. The van der Waals surface area contributed by atoms with E-state index in [1.54, 1.807) is 0 Å². The largest absolute Gasteiger partial charge is 0.396 e. The number of carbonyl (C=O) groups is 1. The van der Waals surface area contributed by atoms with Crippen LogP contribution in [0.15, 0.2) is 24.3 Å². The molecule has 0 heterocycles. The molecule has 0 aliphatic heterocycles. The third-order valence-corrected chi connectivity index (χ3v) is 2.89. The average molecular weight is 286 g/mol. The Balaban J connectivity index is 2.40. The Kier molecular flexibility index (Phi) is 6.11. The molecule has 0 unspecified atom stereocenters. The highest BCUT2D eigenvalue weighted by Crippen LogP contribution is 2.07. The maximum Gasteiger partial charge on any atom is 0.251 e. The molecule has 0 radical (unpaired) electrons. The summed E-state index contributed by atoms with van der Waals surface area (Å²) in [6.45, 7) is 0.787. The summed E-state index contributed by atoms with van der Waals surface area (Å²) in [5, 5.41) is 12.2. The van der Waals surface area contributed by atoms with Gasteiger partial charge < -0.3 is 10.4 Å². The number of alkyl halides is 1. The Morgan fingerprint density at radius 3 is 2.50 bits per heavy atom. The van der Waals surface area contributed by atoms with E-state index in [9.17, 15) is 4.79 Å². The van der Waals surface area contributed by atoms with E-state index in [2.05, 4.69) is 21.2 Å². The van der Waals surface area contributed by atoms with E-state index in [1.807, 2.05) is 24.3 Å². The molecule has 0 saturated carbocycles. The summed E-state index contributed by atoms with van der Waals surface area (Å²) in [6, 6.07) is 7.49. The number of hydrogen-bond acceptors (Lipinski definition) is 2. The fraction of sp³-hybridized carbons (Fsp3) is 0.417. The molecular weight excluding hydrogens is 270 g/mol. The van der Waals surface area contributed by atoms with Gasteiger partial charge >= 0.3 is 0 Å². The van der Waals surface area contributed by atoms with E-state index < -0.39 is 0 Å². The Morgan fingerprint density at radius 1 is 1.25 bits per heavy atom. The van der Waals surface area contributed by atoms with Crippen LogP contribution in [-0.2, 0) is 5.33 Å². The van der Waals surface area contributed by atoms with Crippen LogP contribution < -0.4 is 5.32 Å². The van der Waals surface area contributed by atoms with Crippen molar-refractivity contribution in [3.05, 3.63) is 35.4 Å². The minimum Gasteiger partial charge on any atom is -0.396 e. The van der Waals surface area contributed by atoms with Crippen molar-refractivity contribution in [3.8, 4) is 0 Å². The topological polar surface area (TPSA) is 49.3 Å². The Hall–Kier alpha value is -0.870. The molecule has 3 nitrogen and oxygen atoms in total. The van der Waals surface area contributed by atoms with Crippen LogP contribution in [0.2, 0.25) is 0 Å². The maximum atomic E-state index is 11.6. The average Bonchev–Trinajstić information content (AvgIpc) is 2.34. The SMILES string of the molecule is O=C(NCCCCO)c1ccc(CBr)cc1. The van der Waals surface area contributed by atoms with Crippen LogP contribution in [0, 0.1) is 0 Å². The fourth-order valence-corrected chi connectivity index (χ4v) is 1.66. The number of nitrogens with one attached hydrogen (secondary N) is 1. The lowest BCUT2D eigenvalue weighted by molar-refractivity contribution is 0.0952. The van der Waals surface area contributed by atoms with E-state index in [1.165, 1.54) is 0 Å². The van der Waals surface area contributed by atoms with Crippen LogP contribution in [0.5, 0.6) is 0 Å². The zero-order chi connectivity index (χ0) is 11.8. The second-order valence-corrected chi connectivity index (χ2v) is 4.08. The summed E-state index contributed by atoms with van der Waals surface area (Å²) in [5.41, 5.74) is 1.82. The first-order chi connectivity index (χ1) is 7.77. The standard InChI is InChI=1S/C12H16BrNO2/c13-9-10-3-5-11(6-4-10)12(16)14-7-1-2-8-15/h3-6,15H,1-2,7-9H2,(H,14,16). The van der Waals surface area contributed by atoms with Gasteiger partial charge in [0.15, 0.2) is 0 Å². The van der Waals surface area contributed by atoms with Gasteiger partial charge in [-0.1, -0.05) is 28.1 Å². The summed E-state index contributed by atoms with van der Waals surface area (Å²) < 4.78 is 0. The van der Waals surface area contributed by atoms with Gasteiger partial charge in [0, 0.05) is 24.0 Å². The van der Waals surface area contributed by atoms with Gasteiger partial charge in [-0.2, -0.15) is 0 Å². The predicted molar refractivity (Wildman–Crippen MR) is 67.7 cm³/mol. The quantitative estimate of drug-likeness (QED) is 0.621. The smallest absolute Gasteiger partial charge is 0.251 e. The van der Waals surface area contributed by atoms with Crippen LogP contribution in [0.4, 0.5) is 0 Å². The van der Waals surface area contributed by atoms with Crippen molar-refractivity contribution < 1.29 is 9.90 Å². The van der Waals surface area contributed by atoms with Crippen LogP contribution >= 0.6 is 15.9 Å². The molecule has 0 atom stereocenters. The molecular formula is C12H16BrNO2.